The number of aryl methyl sites for hydroxylation is 2. The number of thioether (sulfide) groups is 1. The second kappa shape index (κ2) is 6.47. The lowest BCUT2D eigenvalue weighted by Crippen LogP contribution is -1.99. The molecule has 4 aromatic heterocycles. The minimum atomic E-state index is 0.653. The average molecular weight is 393 g/mol. The van der Waals surface area contributed by atoms with Crippen LogP contribution in [-0.4, -0.2) is 24.6 Å². The van der Waals surface area contributed by atoms with Gasteiger partial charge in [-0.15, -0.1) is 16.4 Å². The number of hydrogen-bond acceptors (Lipinski definition) is 7. The Morgan fingerprint density at radius 3 is 2.81 bits per heavy atom. The predicted octanol–water partition coefficient (Wildman–Crippen LogP) is 4.90. The van der Waals surface area contributed by atoms with Crippen molar-refractivity contribution in [3.63, 3.8) is 0 Å². The molecule has 0 amide bonds. The van der Waals surface area contributed by atoms with Gasteiger partial charge in [0.1, 0.15) is 11.6 Å². The molecule has 0 bridgehead atoms. The van der Waals surface area contributed by atoms with Crippen molar-refractivity contribution in [1.29, 1.82) is 0 Å². The molecule has 6 nitrogen and oxygen atoms in total. The Kier molecular flexibility index (Phi) is 3.95. The monoisotopic (exact) mass is 393 g/mol. The van der Waals surface area contributed by atoms with Crippen molar-refractivity contribution in [3.05, 3.63) is 59.1 Å². The summed E-state index contributed by atoms with van der Waals surface area (Å²) in [6.45, 7) is 3.84. The highest BCUT2D eigenvalue weighted by Crippen LogP contribution is 2.30. The molecule has 1 aromatic carbocycles. The van der Waals surface area contributed by atoms with Crippen LogP contribution in [-0.2, 0) is 5.75 Å². The zero-order valence-corrected chi connectivity index (χ0v) is 16.3. The van der Waals surface area contributed by atoms with Gasteiger partial charge in [-0.1, -0.05) is 30.0 Å². The third-order valence-corrected chi connectivity index (χ3v) is 6.02. The van der Waals surface area contributed by atoms with Gasteiger partial charge in [-0.3, -0.25) is 0 Å². The predicted molar refractivity (Wildman–Crippen MR) is 107 cm³/mol. The highest BCUT2D eigenvalue weighted by Gasteiger charge is 2.16. The molecule has 8 heteroatoms. The Hall–Kier alpha value is -2.71. The van der Waals surface area contributed by atoms with Crippen LogP contribution in [0.5, 0.6) is 0 Å². The number of nitrogens with zero attached hydrogens (tertiary/aromatic N) is 5. The second-order valence-corrected chi connectivity index (χ2v) is 7.98. The highest BCUT2D eigenvalue weighted by atomic mass is 32.2. The fourth-order valence-electron chi connectivity index (χ4n) is 2.93. The molecule has 0 fully saturated rings. The van der Waals surface area contributed by atoms with E-state index in [2.05, 4.69) is 15.1 Å². The van der Waals surface area contributed by atoms with E-state index in [0.29, 0.717) is 11.6 Å². The van der Waals surface area contributed by atoms with Crippen LogP contribution in [0.15, 0.2) is 51.4 Å². The molecular formula is C19H15N5OS2. The van der Waals surface area contributed by atoms with Crippen LogP contribution in [0.1, 0.15) is 17.3 Å². The Labute approximate surface area is 163 Å². The Morgan fingerprint density at radius 1 is 1.07 bits per heavy atom. The summed E-state index contributed by atoms with van der Waals surface area (Å²) in [5.41, 5.74) is 2.66. The topological polar surface area (TPSA) is 69.1 Å². The fourth-order valence-corrected chi connectivity index (χ4v) is 4.52. The lowest BCUT2D eigenvalue weighted by molar-refractivity contribution is 0.542. The largest absolute Gasteiger partial charge is 0.440 e. The third kappa shape index (κ3) is 2.90. The summed E-state index contributed by atoms with van der Waals surface area (Å²) in [5.74, 6) is 2.89. The van der Waals surface area contributed by atoms with Crippen molar-refractivity contribution in [2.75, 3.05) is 0 Å². The van der Waals surface area contributed by atoms with E-state index >= 15 is 0 Å². The van der Waals surface area contributed by atoms with Gasteiger partial charge >= 0.3 is 0 Å². The Bertz CT molecular complexity index is 1260. The molecule has 27 heavy (non-hydrogen) atoms. The maximum absolute atomic E-state index is 5.84. The van der Waals surface area contributed by atoms with Crippen LogP contribution in [0.4, 0.5) is 0 Å². The standard InChI is InChI=1S/C19H15N5OS2/c1-11-15(21-18(25-11)16-8-5-9-26-16)10-27-19-22-14-7-4-3-6-13(14)17-20-12(2)23-24(17)19/h3-9H,10H2,1-2H3. The summed E-state index contributed by atoms with van der Waals surface area (Å²) < 4.78 is 7.66. The lowest BCUT2D eigenvalue weighted by Gasteiger charge is -2.05. The summed E-state index contributed by atoms with van der Waals surface area (Å²) in [6.07, 6.45) is 0. The first-order chi connectivity index (χ1) is 13.2. The Morgan fingerprint density at radius 2 is 1.96 bits per heavy atom. The molecule has 5 aromatic rings. The van der Waals surface area contributed by atoms with Crippen molar-refractivity contribution in [1.82, 2.24) is 24.6 Å². The number of rotatable bonds is 4. The maximum atomic E-state index is 5.84. The van der Waals surface area contributed by atoms with Gasteiger partial charge in [0.25, 0.3) is 0 Å². The average Bonchev–Trinajstić information content (AvgIpc) is 3.39. The molecule has 0 spiro atoms. The van der Waals surface area contributed by atoms with Gasteiger partial charge in [0, 0.05) is 11.1 Å². The number of oxazole rings is 1. The van der Waals surface area contributed by atoms with Gasteiger partial charge in [0.05, 0.1) is 16.1 Å². The minimum Gasteiger partial charge on any atom is -0.440 e. The number of aromatic nitrogens is 5. The number of fused-ring (bicyclic) bond motifs is 3. The van der Waals surface area contributed by atoms with E-state index in [-0.39, 0.29) is 0 Å². The second-order valence-electron chi connectivity index (χ2n) is 6.09. The van der Waals surface area contributed by atoms with Crippen molar-refractivity contribution in [2.45, 2.75) is 24.8 Å². The number of thiophene rings is 1. The van der Waals surface area contributed by atoms with Gasteiger partial charge in [0.15, 0.2) is 10.8 Å². The summed E-state index contributed by atoms with van der Waals surface area (Å²) in [4.78, 5) is 15.1. The van der Waals surface area contributed by atoms with Crippen molar-refractivity contribution >= 4 is 39.6 Å². The van der Waals surface area contributed by atoms with Crippen molar-refractivity contribution in [3.8, 4) is 10.8 Å². The molecule has 0 saturated heterocycles. The van der Waals surface area contributed by atoms with Gasteiger partial charge in [-0.25, -0.2) is 15.0 Å². The molecule has 0 N–H and O–H groups in total. The van der Waals surface area contributed by atoms with Gasteiger partial charge in [0.2, 0.25) is 5.89 Å². The molecule has 0 atom stereocenters. The molecule has 0 saturated carbocycles. The van der Waals surface area contributed by atoms with E-state index in [4.69, 9.17) is 9.40 Å². The molecule has 0 aliphatic rings. The van der Waals surface area contributed by atoms with E-state index < -0.39 is 0 Å². The van der Waals surface area contributed by atoms with Crippen LogP contribution >= 0.6 is 23.1 Å². The van der Waals surface area contributed by atoms with Gasteiger partial charge < -0.3 is 4.42 Å². The van der Waals surface area contributed by atoms with Crippen LogP contribution < -0.4 is 0 Å². The molecule has 0 aliphatic carbocycles. The molecule has 5 rings (SSSR count). The molecule has 0 unspecified atom stereocenters. The van der Waals surface area contributed by atoms with Crippen LogP contribution in [0.2, 0.25) is 0 Å². The zero-order valence-electron chi connectivity index (χ0n) is 14.7. The van der Waals surface area contributed by atoms with Crippen molar-refractivity contribution in [2.24, 2.45) is 0 Å². The van der Waals surface area contributed by atoms with E-state index in [1.807, 2.05) is 60.1 Å². The zero-order chi connectivity index (χ0) is 18.4. The van der Waals surface area contributed by atoms with Crippen LogP contribution in [0.3, 0.4) is 0 Å². The molecule has 0 radical (unpaired) electrons. The lowest BCUT2D eigenvalue weighted by atomic mass is 10.2. The van der Waals surface area contributed by atoms with Crippen molar-refractivity contribution < 1.29 is 4.42 Å². The normalized spacial score (nSPS) is 11.6. The van der Waals surface area contributed by atoms with E-state index in [0.717, 1.165) is 43.9 Å². The number of hydrogen-bond donors (Lipinski definition) is 0. The minimum absolute atomic E-state index is 0.653. The summed E-state index contributed by atoms with van der Waals surface area (Å²) in [6, 6.07) is 12.0. The van der Waals surface area contributed by atoms with Crippen LogP contribution in [0, 0.1) is 13.8 Å². The maximum Gasteiger partial charge on any atom is 0.236 e. The van der Waals surface area contributed by atoms with Gasteiger partial charge in [-0.05, 0) is 37.4 Å². The first kappa shape index (κ1) is 16.5. The van der Waals surface area contributed by atoms with Gasteiger partial charge in [-0.2, -0.15) is 4.52 Å². The van der Waals surface area contributed by atoms with E-state index in [1.165, 1.54) is 0 Å². The van der Waals surface area contributed by atoms with E-state index in [9.17, 15) is 0 Å². The van der Waals surface area contributed by atoms with Crippen LogP contribution in [0.25, 0.3) is 27.3 Å². The summed E-state index contributed by atoms with van der Waals surface area (Å²) in [7, 11) is 0. The molecular weight excluding hydrogens is 378 g/mol. The molecule has 134 valence electrons. The first-order valence-electron chi connectivity index (χ1n) is 8.44. The summed E-state index contributed by atoms with van der Waals surface area (Å²) in [5, 5.41) is 8.34. The first-order valence-corrected chi connectivity index (χ1v) is 10.3. The quantitative estimate of drug-likeness (QED) is 0.319. The molecule has 0 aliphatic heterocycles. The smallest absolute Gasteiger partial charge is 0.236 e. The molecule has 4 heterocycles. The third-order valence-electron chi connectivity index (χ3n) is 4.22. The fraction of sp³-hybridized carbons (Fsp3) is 0.158. The highest BCUT2D eigenvalue weighted by molar-refractivity contribution is 7.98. The van der Waals surface area contributed by atoms with E-state index in [1.54, 1.807) is 23.1 Å². The summed E-state index contributed by atoms with van der Waals surface area (Å²) >= 11 is 3.21. The SMILES string of the molecule is Cc1nc2c3ccccc3nc(SCc3nc(-c4cccs4)oc3C)n2n1. The number of benzene rings is 1. The Balaban J connectivity index is 1.51. The number of para-hydroxylation sites is 1.